The normalized spacial score (nSPS) is 16.4. The summed E-state index contributed by atoms with van der Waals surface area (Å²) in [6.45, 7) is 3.11. The summed E-state index contributed by atoms with van der Waals surface area (Å²) in [5, 5.41) is 0. The first-order valence-electron chi connectivity index (χ1n) is 6.22. The average molecular weight is 308 g/mol. The van der Waals surface area contributed by atoms with Crippen LogP contribution in [-0.2, 0) is 16.4 Å². The quantitative estimate of drug-likeness (QED) is 0.726. The fraction of sp³-hybridized carbons (Fsp3) is 0.667. The molecule has 1 fully saturated rings. The van der Waals surface area contributed by atoms with Crippen molar-refractivity contribution < 1.29 is 8.42 Å². The van der Waals surface area contributed by atoms with Crippen LogP contribution < -0.4 is 0 Å². The molecule has 18 heavy (non-hydrogen) atoms. The van der Waals surface area contributed by atoms with Crippen molar-refractivity contribution in [2.24, 2.45) is 5.92 Å². The van der Waals surface area contributed by atoms with Gasteiger partial charge >= 0.3 is 0 Å². The number of alkyl halides is 1. The van der Waals surface area contributed by atoms with Crippen LogP contribution in [0, 0.1) is 5.92 Å². The van der Waals surface area contributed by atoms with Gasteiger partial charge in [-0.2, -0.15) is 4.31 Å². The minimum atomic E-state index is -3.29. The maximum atomic E-state index is 12.4. The molecule has 0 radical (unpaired) electrons. The lowest BCUT2D eigenvalue weighted by atomic mass is 10.4. The average Bonchev–Trinajstić information content (AvgIpc) is 3.03. The first-order valence-corrected chi connectivity index (χ1v) is 9.02. The van der Waals surface area contributed by atoms with Crippen LogP contribution in [0.1, 0.15) is 24.6 Å². The monoisotopic (exact) mass is 307 g/mol. The number of rotatable bonds is 7. The van der Waals surface area contributed by atoms with Gasteiger partial charge in [0.2, 0.25) is 0 Å². The van der Waals surface area contributed by atoms with Gasteiger partial charge in [0.15, 0.2) is 0 Å². The summed E-state index contributed by atoms with van der Waals surface area (Å²) in [5.74, 6) is 1.10. The molecule has 0 atom stereocenters. The Kier molecular flexibility index (Phi) is 4.69. The Bertz CT molecular complexity index is 494. The van der Waals surface area contributed by atoms with Gasteiger partial charge in [0.25, 0.3) is 10.0 Å². The molecule has 1 aromatic rings. The van der Waals surface area contributed by atoms with E-state index in [1.165, 1.54) is 11.3 Å². The van der Waals surface area contributed by atoms with E-state index >= 15 is 0 Å². The largest absolute Gasteiger partial charge is 0.252 e. The molecule has 0 saturated heterocycles. The highest BCUT2D eigenvalue weighted by atomic mass is 35.5. The lowest BCUT2D eigenvalue weighted by Gasteiger charge is -2.19. The highest BCUT2D eigenvalue weighted by Crippen LogP contribution is 2.32. The SMILES string of the molecule is CCN(CC1CC1)S(=O)(=O)c1ccc(CCCl)s1. The molecule has 0 spiro atoms. The summed E-state index contributed by atoms with van der Waals surface area (Å²) in [6.07, 6.45) is 3.05. The van der Waals surface area contributed by atoms with Crippen LogP contribution in [0.5, 0.6) is 0 Å². The van der Waals surface area contributed by atoms with Gasteiger partial charge in [0.1, 0.15) is 4.21 Å². The number of nitrogens with zero attached hydrogens (tertiary/aromatic N) is 1. The molecule has 1 heterocycles. The molecule has 0 aromatic carbocycles. The molecule has 0 unspecified atom stereocenters. The van der Waals surface area contributed by atoms with E-state index in [1.54, 1.807) is 10.4 Å². The smallest absolute Gasteiger partial charge is 0.206 e. The molecule has 1 aliphatic carbocycles. The van der Waals surface area contributed by atoms with Gasteiger partial charge < -0.3 is 0 Å². The Hall–Kier alpha value is -0.100. The number of hydrogen-bond donors (Lipinski definition) is 0. The number of thiophene rings is 1. The zero-order valence-corrected chi connectivity index (χ0v) is 12.8. The van der Waals surface area contributed by atoms with Gasteiger partial charge in [0.05, 0.1) is 0 Å². The second-order valence-corrected chi connectivity index (χ2v) is 8.27. The molecular weight excluding hydrogens is 290 g/mol. The molecule has 0 N–H and O–H groups in total. The maximum Gasteiger partial charge on any atom is 0.252 e. The molecule has 0 bridgehead atoms. The standard InChI is InChI=1S/C12H18ClNO2S2/c1-2-14(9-10-3-4-10)18(15,16)12-6-5-11(17-12)7-8-13/h5-6,10H,2-4,7-9H2,1H3. The van der Waals surface area contributed by atoms with Crippen molar-refractivity contribution in [3.05, 3.63) is 17.0 Å². The van der Waals surface area contributed by atoms with Gasteiger partial charge in [-0.25, -0.2) is 8.42 Å². The second kappa shape index (κ2) is 5.90. The molecule has 6 heteroatoms. The summed E-state index contributed by atoms with van der Waals surface area (Å²) in [4.78, 5) is 1.03. The minimum Gasteiger partial charge on any atom is -0.206 e. The molecule has 0 amide bonds. The highest BCUT2D eigenvalue weighted by Gasteiger charge is 2.31. The molecule has 2 rings (SSSR count). The van der Waals surface area contributed by atoms with Crippen LogP contribution >= 0.6 is 22.9 Å². The first-order chi connectivity index (χ1) is 8.57. The third-order valence-corrected chi connectivity index (χ3v) is 6.83. The fourth-order valence-corrected chi connectivity index (χ4v) is 5.19. The maximum absolute atomic E-state index is 12.4. The van der Waals surface area contributed by atoms with Crippen LogP contribution in [0.25, 0.3) is 0 Å². The predicted octanol–water partition coefficient (Wildman–Crippen LogP) is 2.95. The number of sulfonamides is 1. The van der Waals surface area contributed by atoms with Gasteiger partial charge in [-0.1, -0.05) is 6.92 Å². The van der Waals surface area contributed by atoms with Gasteiger partial charge in [-0.3, -0.25) is 0 Å². The lowest BCUT2D eigenvalue weighted by Crippen LogP contribution is -2.32. The summed E-state index contributed by atoms with van der Waals surface area (Å²) in [6, 6.07) is 3.57. The minimum absolute atomic E-state index is 0.449. The molecule has 0 aliphatic heterocycles. The third kappa shape index (κ3) is 3.26. The van der Waals surface area contributed by atoms with E-state index in [9.17, 15) is 8.42 Å². The predicted molar refractivity (Wildman–Crippen MR) is 75.9 cm³/mol. The van der Waals surface area contributed by atoms with E-state index < -0.39 is 10.0 Å². The van der Waals surface area contributed by atoms with E-state index in [0.717, 1.165) is 24.1 Å². The number of hydrogen-bond acceptors (Lipinski definition) is 3. The molecular formula is C12H18ClNO2S2. The van der Waals surface area contributed by atoms with Crippen LogP contribution in [0.2, 0.25) is 0 Å². The van der Waals surface area contributed by atoms with E-state index in [4.69, 9.17) is 11.6 Å². The van der Waals surface area contributed by atoms with Crippen LogP contribution in [0.3, 0.4) is 0 Å². The van der Waals surface area contributed by atoms with Crippen molar-refractivity contribution in [3.63, 3.8) is 0 Å². The summed E-state index contributed by atoms with van der Waals surface area (Å²) < 4.78 is 26.9. The fourth-order valence-electron chi connectivity index (χ4n) is 1.84. The molecule has 102 valence electrons. The molecule has 1 aliphatic rings. The molecule has 3 nitrogen and oxygen atoms in total. The van der Waals surface area contributed by atoms with Crippen LogP contribution in [0.4, 0.5) is 0 Å². The summed E-state index contributed by atoms with van der Waals surface area (Å²) in [5.41, 5.74) is 0. The lowest BCUT2D eigenvalue weighted by molar-refractivity contribution is 0.413. The summed E-state index contributed by atoms with van der Waals surface area (Å²) >= 11 is 7.01. The molecule has 1 aromatic heterocycles. The Balaban J connectivity index is 2.15. The van der Waals surface area contributed by atoms with Crippen molar-refractivity contribution in [3.8, 4) is 0 Å². The Labute approximate surface area is 118 Å². The van der Waals surface area contributed by atoms with Crippen LogP contribution in [-0.4, -0.2) is 31.7 Å². The topological polar surface area (TPSA) is 37.4 Å². The Morgan fingerprint density at radius 1 is 1.44 bits per heavy atom. The van der Waals surface area contributed by atoms with Gasteiger partial charge in [0, 0.05) is 23.8 Å². The van der Waals surface area contributed by atoms with E-state index in [1.807, 2.05) is 13.0 Å². The van der Waals surface area contributed by atoms with Gasteiger partial charge in [-0.15, -0.1) is 22.9 Å². The molecule has 1 saturated carbocycles. The van der Waals surface area contributed by atoms with Crippen LogP contribution in [0.15, 0.2) is 16.3 Å². The summed E-state index contributed by atoms with van der Waals surface area (Å²) in [7, 11) is -3.29. The van der Waals surface area contributed by atoms with Crippen molar-refractivity contribution in [1.82, 2.24) is 4.31 Å². The van der Waals surface area contributed by atoms with Crippen molar-refractivity contribution in [2.75, 3.05) is 19.0 Å². The number of aryl methyl sites for hydroxylation is 1. The van der Waals surface area contributed by atoms with E-state index in [0.29, 0.717) is 29.1 Å². The van der Waals surface area contributed by atoms with Crippen molar-refractivity contribution in [1.29, 1.82) is 0 Å². The van der Waals surface area contributed by atoms with E-state index in [2.05, 4.69) is 0 Å². The van der Waals surface area contributed by atoms with Gasteiger partial charge in [-0.05, 0) is 37.3 Å². The Morgan fingerprint density at radius 3 is 2.72 bits per heavy atom. The second-order valence-electron chi connectivity index (χ2n) is 4.56. The first kappa shape index (κ1) is 14.3. The Morgan fingerprint density at radius 2 is 2.17 bits per heavy atom. The third-order valence-electron chi connectivity index (χ3n) is 3.08. The van der Waals surface area contributed by atoms with E-state index in [-0.39, 0.29) is 0 Å². The zero-order valence-electron chi connectivity index (χ0n) is 10.4. The number of halogens is 1. The highest BCUT2D eigenvalue weighted by molar-refractivity contribution is 7.91. The van der Waals surface area contributed by atoms with Crippen molar-refractivity contribution >= 4 is 33.0 Å². The zero-order chi connectivity index (χ0) is 13.2. The van der Waals surface area contributed by atoms with Crippen molar-refractivity contribution in [2.45, 2.75) is 30.4 Å².